The molecule has 3 N–H and O–H groups in total. The minimum atomic E-state index is -0.235. The van der Waals surface area contributed by atoms with Crippen LogP contribution in [0.4, 0.5) is 4.79 Å². The highest BCUT2D eigenvalue weighted by molar-refractivity contribution is 5.74. The molecule has 1 aliphatic rings. The summed E-state index contributed by atoms with van der Waals surface area (Å²) in [5, 5.41) is 5.95. The monoisotopic (exact) mass is 393 g/mol. The van der Waals surface area contributed by atoms with Gasteiger partial charge in [0, 0.05) is 6.54 Å². The highest BCUT2D eigenvalue weighted by Crippen LogP contribution is 2.25. The van der Waals surface area contributed by atoms with Gasteiger partial charge in [-0.1, -0.05) is 30.3 Å². The van der Waals surface area contributed by atoms with Crippen LogP contribution in [0, 0.1) is 0 Å². The maximum absolute atomic E-state index is 12.5. The predicted octanol–water partition coefficient (Wildman–Crippen LogP) is 3.87. The highest BCUT2D eigenvalue weighted by Gasteiger charge is 2.26. The fraction of sp³-hybridized carbons (Fsp3) is 0.364. The number of hydrogen-bond donors (Lipinski definition) is 3. The Morgan fingerprint density at radius 3 is 2.72 bits per heavy atom. The number of rotatable bonds is 7. The quantitative estimate of drug-likeness (QED) is 0.569. The van der Waals surface area contributed by atoms with Gasteiger partial charge in [-0.25, -0.2) is 9.78 Å². The van der Waals surface area contributed by atoms with Crippen molar-refractivity contribution in [1.29, 1.82) is 0 Å². The van der Waals surface area contributed by atoms with Gasteiger partial charge in [-0.2, -0.15) is 0 Å². The number of aromatic nitrogens is 2. The number of urea groups is 1. The van der Waals surface area contributed by atoms with Gasteiger partial charge in [-0.15, -0.1) is 0 Å². The van der Waals surface area contributed by atoms with E-state index in [0.717, 1.165) is 35.9 Å². The van der Waals surface area contributed by atoms with Crippen LogP contribution in [-0.2, 0) is 0 Å². The summed E-state index contributed by atoms with van der Waals surface area (Å²) in [4.78, 5) is 22.6. The molecule has 0 spiro atoms. The van der Waals surface area contributed by atoms with Gasteiger partial charge >= 0.3 is 6.03 Å². The van der Waals surface area contributed by atoms with E-state index in [1.165, 1.54) is 12.8 Å². The van der Waals surface area contributed by atoms with E-state index < -0.39 is 0 Å². The van der Waals surface area contributed by atoms with Crippen molar-refractivity contribution in [3.63, 3.8) is 0 Å². The van der Waals surface area contributed by atoms with Gasteiger partial charge < -0.3 is 20.0 Å². The van der Waals surface area contributed by atoms with E-state index in [4.69, 9.17) is 4.42 Å². The van der Waals surface area contributed by atoms with Crippen LogP contribution in [-0.4, -0.2) is 40.5 Å². The fourth-order valence-corrected chi connectivity index (χ4v) is 3.77. The van der Waals surface area contributed by atoms with Crippen molar-refractivity contribution in [2.45, 2.75) is 31.8 Å². The number of amides is 2. The molecular weight excluding hydrogens is 366 g/mol. The third-order valence-electron chi connectivity index (χ3n) is 5.35. The third kappa shape index (κ3) is 4.68. The summed E-state index contributed by atoms with van der Waals surface area (Å²) in [6, 6.07) is 13.5. The second-order valence-corrected chi connectivity index (χ2v) is 7.40. The fourth-order valence-electron chi connectivity index (χ4n) is 3.77. The Kier molecular flexibility index (Phi) is 5.95. The topological polar surface area (TPSA) is 86.2 Å². The van der Waals surface area contributed by atoms with E-state index in [0.29, 0.717) is 6.54 Å². The molecule has 1 saturated heterocycles. The zero-order valence-electron chi connectivity index (χ0n) is 16.6. The van der Waals surface area contributed by atoms with Crippen LogP contribution < -0.4 is 10.6 Å². The van der Waals surface area contributed by atoms with Gasteiger partial charge in [0.25, 0.3) is 0 Å². The van der Waals surface area contributed by atoms with Crippen molar-refractivity contribution in [3.8, 4) is 11.3 Å². The van der Waals surface area contributed by atoms with Crippen LogP contribution >= 0.6 is 0 Å². The molecule has 0 saturated carbocycles. The molecule has 3 heterocycles. The van der Waals surface area contributed by atoms with Crippen molar-refractivity contribution in [3.05, 3.63) is 66.5 Å². The maximum atomic E-state index is 12.5. The summed E-state index contributed by atoms with van der Waals surface area (Å²) in [5.41, 5.74) is 2.00. The molecule has 0 aliphatic carbocycles. The molecular formula is C22H27N5O2. The molecule has 29 heavy (non-hydrogen) atoms. The van der Waals surface area contributed by atoms with Crippen molar-refractivity contribution >= 4 is 6.03 Å². The summed E-state index contributed by atoms with van der Waals surface area (Å²) < 4.78 is 5.61. The van der Waals surface area contributed by atoms with Gasteiger partial charge in [0.2, 0.25) is 0 Å². The number of carbonyl (C=O) groups is 1. The lowest BCUT2D eigenvalue weighted by molar-refractivity contribution is 0.202. The normalized spacial score (nSPS) is 16.4. The minimum absolute atomic E-state index is 0.0573. The lowest BCUT2D eigenvalue weighted by Gasteiger charge is -2.26. The van der Waals surface area contributed by atoms with Gasteiger partial charge in [0.1, 0.15) is 11.6 Å². The Morgan fingerprint density at radius 1 is 1.21 bits per heavy atom. The molecule has 2 aromatic heterocycles. The zero-order valence-corrected chi connectivity index (χ0v) is 16.6. The van der Waals surface area contributed by atoms with Gasteiger partial charge in [0.15, 0.2) is 0 Å². The minimum Gasteiger partial charge on any atom is -0.468 e. The molecule has 0 radical (unpaired) electrons. The molecule has 7 nitrogen and oxygen atoms in total. The van der Waals surface area contributed by atoms with Gasteiger partial charge in [-0.3, -0.25) is 4.90 Å². The van der Waals surface area contributed by atoms with E-state index in [1.807, 2.05) is 49.4 Å². The molecule has 3 aromatic rings. The Hall–Kier alpha value is -3.06. The average molecular weight is 393 g/mol. The van der Waals surface area contributed by atoms with Crippen LogP contribution in [0.1, 0.15) is 43.4 Å². The van der Waals surface area contributed by atoms with Crippen molar-refractivity contribution in [1.82, 2.24) is 25.5 Å². The molecule has 0 unspecified atom stereocenters. The molecule has 152 valence electrons. The van der Waals surface area contributed by atoms with Crippen molar-refractivity contribution < 1.29 is 9.21 Å². The lowest BCUT2D eigenvalue weighted by atomic mass is 10.2. The summed E-state index contributed by atoms with van der Waals surface area (Å²) in [6.07, 6.45) is 5.84. The number of carbonyl (C=O) groups excluding carboxylic acids is 1. The van der Waals surface area contributed by atoms with E-state index in [1.54, 1.807) is 12.5 Å². The van der Waals surface area contributed by atoms with E-state index in [-0.39, 0.29) is 18.1 Å². The number of furan rings is 1. The molecule has 7 heteroatoms. The Bertz CT molecular complexity index is 900. The second-order valence-electron chi connectivity index (χ2n) is 7.40. The molecule has 0 bridgehead atoms. The summed E-state index contributed by atoms with van der Waals surface area (Å²) >= 11 is 0. The van der Waals surface area contributed by atoms with E-state index in [2.05, 4.69) is 25.5 Å². The number of H-pyrrole nitrogens is 1. The number of likely N-dealkylation sites (tertiary alicyclic amines) is 1. The molecule has 1 fully saturated rings. The molecule has 1 aromatic carbocycles. The first kappa shape index (κ1) is 19.3. The van der Waals surface area contributed by atoms with Crippen LogP contribution in [0.3, 0.4) is 0 Å². The summed E-state index contributed by atoms with van der Waals surface area (Å²) in [7, 11) is 0. The highest BCUT2D eigenvalue weighted by atomic mass is 16.3. The smallest absolute Gasteiger partial charge is 0.315 e. The van der Waals surface area contributed by atoms with Crippen LogP contribution in [0.5, 0.6) is 0 Å². The average Bonchev–Trinajstić information content (AvgIpc) is 3.51. The third-order valence-corrected chi connectivity index (χ3v) is 5.35. The first-order chi connectivity index (χ1) is 14.2. The van der Waals surface area contributed by atoms with E-state index in [9.17, 15) is 4.79 Å². The number of benzene rings is 1. The predicted molar refractivity (Wildman–Crippen MR) is 111 cm³/mol. The van der Waals surface area contributed by atoms with Crippen molar-refractivity contribution in [2.75, 3.05) is 19.6 Å². The number of aromatic amines is 1. The standard InChI is InChI=1S/C22H27N5O2/c1-16(21-23-14-18(26-21)17-8-3-2-4-9-17)25-22(28)24-15-19(20-10-7-13-29-20)27-11-5-6-12-27/h2-4,7-10,13-14,16,19H,5-6,11-12,15H2,1H3,(H,23,26)(H2,24,25,28)/t16-,19-/m0/s1. The Balaban J connectivity index is 1.33. The number of nitrogens with zero attached hydrogens (tertiary/aromatic N) is 2. The first-order valence-electron chi connectivity index (χ1n) is 10.1. The summed E-state index contributed by atoms with van der Waals surface area (Å²) in [6.45, 7) is 4.47. The lowest BCUT2D eigenvalue weighted by Crippen LogP contribution is -2.42. The summed E-state index contributed by atoms with van der Waals surface area (Å²) in [5.74, 6) is 1.61. The van der Waals surface area contributed by atoms with Crippen molar-refractivity contribution in [2.24, 2.45) is 0 Å². The first-order valence-corrected chi connectivity index (χ1v) is 10.1. The second kappa shape index (κ2) is 8.96. The molecule has 1 aliphatic heterocycles. The maximum Gasteiger partial charge on any atom is 0.315 e. The number of hydrogen-bond acceptors (Lipinski definition) is 4. The molecule has 2 atom stereocenters. The molecule has 4 rings (SSSR count). The van der Waals surface area contributed by atoms with Crippen LogP contribution in [0.25, 0.3) is 11.3 Å². The van der Waals surface area contributed by atoms with E-state index >= 15 is 0 Å². The number of imidazole rings is 1. The van der Waals surface area contributed by atoms with Gasteiger partial charge in [-0.05, 0) is 50.6 Å². The SMILES string of the molecule is C[C@H](NC(=O)NC[C@@H](c1ccco1)N1CCCC1)c1ncc(-c2ccccc2)[nH]1. The van der Waals surface area contributed by atoms with Gasteiger partial charge in [0.05, 0.1) is 30.2 Å². The number of nitrogens with one attached hydrogen (secondary N) is 3. The zero-order chi connectivity index (χ0) is 20.1. The Morgan fingerprint density at radius 2 is 2.00 bits per heavy atom. The van der Waals surface area contributed by atoms with Crippen LogP contribution in [0.2, 0.25) is 0 Å². The molecule has 2 amide bonds. The van der Waals surface area contributed by atoms with Crippen LogP contribution in [0.15, 0.2) is 59.3 Å². The largest absolute Gasteiger partial charge is 0.468 e. The Labute approximate surface area is 170 Å².